The molecule has 1 aliphatic carbocycles. The van der Waals surface area contributed by atoms with Gasteiger partial charge < -0.3 is 5.32 Å². The smallest absolute Gasteiger partial charge is 0.250 e. The summed E-state index contributed by atoms with van der Waals surface area (Å²) in [6.45, 7) is 1.96. The maximum absolute atomic E-state index is 12.8. The number of hydrogen-bond acceptors (Lipinski definition) is 3. The van der Waals surface area contributed by atoms with Gasteiger partial charge in [-0.3, -0.25) is 19.2 Å². The highest BCUT2D eigenvalue weighted by Crippen LogP contribution is 2.30. The molecule has 1 N–H and O–H groups in total. The van der Waals surface area contributed by atoms with Gasteiger partial charge in [-0.2, -0.15) is 5.10 Å². The maximum Gasteiger partial charge on any atom is 0.250 e. The number of aryl methyl sites for hydroxylation is 2. The first kappa shape index (κ1) is 14.1. The number of amides is 2. The standard InChI is InChI=1S/C15H22N4O2/c1-10-12(8-18(2)17-10)19-9-13(20)16-14(15(19)21)11-6-4-3-5-7-11/h8,11,14H,3-7,9H2,1-2H3,(H,16,20). The topological polar surface area (TPSA) is 67.2 Å². The first-order valence-electron chi connectivity index (χ1n) is 7.67. The van der Waals surface area contributed by atoms with E-state index in [1.54, 1.807) is 9.58 Å². The molecule has 1 saturated heterocycles. The Balaban J connectivity index is 1.86. The number of nitrogens with zero attached hydrogens (tertiary/aromatic N) is 3. The van der Waals surface area contributed by atoms with Crippen molar-refractivity contribution in [3.05, 3.63) is 11.9 Å². The van der Waals surface area contributed by atoms with E-state index in [1.165, 1.54) is 6.42 Å². The number of anilines is 1. The molecule has 2 aliphatic rings. The van der Waals surface area contributed by atoms with E-state index in [0.717, 1.165) is 37.1 Å². The van der Waals surface area contributed by atoms with Crippen LogP contribution in [0.3, 0.4) is 0 Å². The second-order valence-corrected chi connectivity index (χ2v) is 6.14. The third-order valence-corrected chi connectivity index (χ3v) is 4.55. The molecule has 21 heavy (non-hydrogen) atoms. The highest BCUT2D eigenvalue weighted by atomic mass is 16.2. The number of carbonyl (C=O) groups excluding carboxylic acids is 2. The third kappa shape index (κ3) is 2.66. The van der Waals surface area contributed by atoms with Gasteiger partial charge in [0.05, 0.1) is 11.4 Å². The molecule has 0 bridgehead atoms. The molecule has 0 spiro atoms. The lowest BCUT2D eigenvalue weighted by atomic mass is 9.82. The average Bonchev–Trinajstić information content (AvgIpc) is 2.80. The minimum absolute atomic E-state index is 0.0117. The van der Waals surface area contributed by atoms with Gasteiger partial charge >= 0.3 is 0 Å². The predicted octanol–water partition coefficient (Wildman–Crippen LogP) is 1.14. The molecule has 1 aromatic heterocycles. The van der Waals surface area contributed by atoms with Crippen molar-refractivity contribution >= 4 is 17.5 Å². The zero-order chi connectivity index (χ0) is 15.0. The van der Waals surface area contributed by atoms with Gasteiger partial charge in [0.1, 0.15) is 12.6 Å². The van der Waals surface area contributed by atoms with Gasteiger partial charge in [-0.05, 0) is 25.7 Å². The van der Waals surface area contributed by atoms with Gasteiger partial charge in [-0.25, -0.2) is 0 Å². The van der Waals surface area contributed by atoms with E-state index in [4.69, 9.17) is 0 Å². The molecule has 1 unspecified atom stereocenters. The highest BCUT2D eigenvalue weighted by molar-refractivity contribution is 6.06. The minimum Gasteiger partial charge on any atom is -0.342 e. The van der Waals surface area contributed by atoms with Crippen LogP contribution < -0.4 is 10.2 Å². The zero-order valence-electron chi connectivity index (χ0n) is 12.6. The van der Waals surface area contributed by atoms with Crippen LogP contribution in [0.25, 0.3) is 0 Å². The van der Waals surface area contributed by atoms with Crippen molar-refractivity contribution in [2.45, 2.75) is 45.1 Å². The van der Waals surface area contributed by atoms with Crippen LogP contribution in [0.4, 0.5) is 5.69 Å². The average molecular weight is 290 g/mol. The number of nitrogens with one attached hydrogen (secondary N) is 1. The largest absolute Gasteiger partial charge is 0.342 e. The maximum atomic E-state index is 12.8. The van der Waals surface area contributed by atoms with Crippen molar-refractivity contribution in [2.75, 3.05) is 11.4 Å². The summed E-state index contributed by atoms with van der Waals surface area (Å²) in [5.41, 5.74) is 1.53. The van der Waals surface area contributed by atoms with Gasteiger partial charge in [-0.15, -0.1) is 0 Å². The number of rotatable bonds is 2. The molecular weight excluding hydrogens is 268 g/mol. The Morgan fingerprint density at radius 2 is 1.95 bits per heavy atom. The lowest BCUT2D eigenvalue weighted by molar-refractivity contribution is -0.132. The van der Waals surface area contributed by atoms with Crippen LogP contribution in [0.2, 0.25) is 0 Å². The molecule has 6 heteroatoms. The number of piperazine rings is 1. The zero-order valence-corrected chi connectivity index (χ0v) is 12.6. The van der Waals surface area contributed by atoms with E-state index >= 15 is 0 Å². The molecule has 1 aliphatic heterocycles. The Kier molecular flexibility index (Phi) is 3.69. The predicted molar refractivity (Wildman–Crippen MR) is 78.8 cm³/mol. The van der Waals surface area contributed by atoms with Crippen molar-refractivity contribution in [2.24, 2.45) is 13.0 Å². The monoisotopic (exact) mass is 290 g/mol. The number of carbonyl (C=O) groups is 2. The van der Waals surface area contributed by atoms with E-state index in [9.17, 15) is 9.59 Å². The van der Waals surface area contributed by atoms with Crippen molar-refractivity contribution in [1.82, 2.24) is 15.1 Å². The Morgan fingerprint density at radius 1 is 1.24 bits per heavy atom. The fraction of sp³-hybridized carbons (Fsp3) is 0.667. The normalized spacial score (nSPS) is 24.3. The van der Waals surface area contributed by atoms with Crippen LogP contribution in [-0.4, -0.2) is 34.2 Å². The van der Waals surface area contributed by atoms with E-state index in [-0.39, 0.29) is 30.3 Å². The summed E-state index contributed by atoms with van der Waals surface area (Å²) in [6, 6.07) is -0.369. The summed E-state index contributed by atoms with van der Waals surface area (Å²) in [6.07, 6.45) is 7.39. The van der Waals surface area contributed by atoms with Crippen LogP contribution >= 0.6 is 0 Å². The Labute approximate surface area is 124 Å². The summed E-state index contributed by atoms with van der Waals surface area (Å²) < 4.78 is 1.68. The van der Waals surface area contributed by atoms with Crippen molar-refractivity contribution in [1.29, 1.82) is 0 Å². The van der Waals surface area contributed by atoms with Crippen molar-refractivity contribution < 1.29 is 9.59 Å². The van der Waals surface area contributed by atoms with E-state index in [0.29, 0.717) is 0 Å². The van der Waals surface area contributed by atoms with Crippen LogP contribution in [0.1, 0.15) is 37.8 Å². The van der Waals surface area contributed by atoms with Crippen LogP contribution in [0.15, 0.2) is 6.20 Å². The summed E-state index contributed by atoms with van der Waals surface area (Å²) in [7, 11) is 1.82. The Morgan fingerprint density at radius 3 is 2.57 bits per heavy atom. The molecule has 1 aromatic rings. The fourth-order valence-electron chi connectivity index (χ4n) is 3.51. The van der Waals surface area contributed by atoms with Gasteiger partial charge in [0, 0.05) is 13.2 Å². The summed E-state index contributed by atoms with van der Waals surface area (Å²) in [5.74, 6) is 0.209. The Bertz CT molecular complexity index is 560. The second-order valence-electron chi connectivity index (χ2n) is 6.14. The van der Waals surface area contributed by atoms with E-state index in [1.807, 2.05) is 20.2 Å². The molecule has 0 radical (unpaired) electrons. The quantitative estimate of drug-likeness (QED) is 0.888. The third-order valence-electron chi connectivity index (χ3n) is 4.55. The van der Waals surface area contributed by atoms with Crippen molar-refractivity contribution in [3.63, 3.8) is 0 Å². The van der Waals surface area contributed by atoms with E-state index in [2.05, 4.69) is 10.4 Å². The Hall–Kier alpha value is -1.85. The van der Waals surface area contributed by atoms with Crippen LogP contribution in [0, 0.1) is 12.8 Å². The number of hydrogen-bond donors (Lipinski definition) is 1. The molecule has 0 aromatic carbocycles. The molecule has 2 fully saturated rings. The molecule has 3 rings (SSSR count). The van der Waals surface area contributed by atoms with Gasteiger partial charge in [0.15, 0.2) is 0 Å². The summed E-state index contributed by atoms with van der Waals surface area (Å²) in [5, 5.41) is 7.18. The van der Waals surface area contributed by atoms with Gasteiger partial charge in [0.25, 0.3) is 0 Å². The summed E-state index contributed by atoms with van der Waals surface area (Å²) in [4.78, 5) is 26.4. The number of aromatic nitrogens is 2. The molecule has 1 atom stereocenters. The molecule has 6 nitrogen and oxygen atoms in total. The van der Waals surface area contributed by atoms with E-state index < -0.39 is 0 Å². The second kappa shape index (κ2) is 5.50. The lowest BCUT2D eigenvalue weighted by Gasteiger charge is -2.37. The van der Waals surface area contributed by atoms with Crippen LogP contribution in [0.5, 0.6) is 0 Å². The molecule has 114 valence electrons. The SMILES string of the molecule is Cc1nn(C)cc1N1CC(=O)NC(C2CCCCC2)C1=O. The molecular formula is C15H22N4O2. The fourth-order valence-corrected chi connectivity index (χ4v) is 3.51. The first-order valence-corrected chi connectivity index (χ1v) is 7.67. The summed E-state index contributed by atoms with van der Waals surface area (Å²) >= 11 is 0. The molecule has 2 amide bonds. The highest BCUT2D eigenvalue weighted by Gasteiger charge is 2.39. The van der Waals surface area contributed by atoms with Gasteiger partial charge in [0.2, 0.25) is 11.8 Å². The van der Waals surface area contributed by atoms with Crippen LogP contribution in [-0.2, 0) is 16.6 Å². The molecule has 1 saturated carbocycles. The lowest BCUT2D eigenvalue weighted by Crippen LogP contribution is -2.61. The first-order chi connectivity index (χ1) is 10.1. The minimum atomic E-state index is -0.369. The molecule has 2 heterocycles. The van der Waals surface area contributed by atoms with Crippen molar-refractivity contribution in [3.8, 4) is 0 Å². The van der Waals surface area contributed by atoms with Gasteiger partial charge in [-0.1, -0.05) is 19.3 Å².